The highest BCUT2D eigenvalue weighted by molar-refractivity contribution is 5.77. The first-order valence-corrected chi connectivity index (χ1v) is 3.43. The van der Waals surface area contributed by atoms with Gasteiger partial charge in [-0.05, 0) is 0 Å². The van der Waals surface area contributed by atoms with Gasteiger partial charge in [0.25, 0.3) is 0 Å². The van der Waals surface area contributed by atoms with E-state index in [0.717, 1.165) is 0 Å². The number of esters is 1. The molecule has 1 aliphatic heterocycles. The molecule has 0 spiro atoms. The average Bonchev–Trinajstić information content (AvgIpc) is 2.32. The van der Waals surface area contributed by atoms with E-state index in [2.05, 4.69) is 4.74 Å². The van der Waals surface area contributed by atoms with Gasteiger partial charge in [0.1, 0.15) is 12.2 Å². The van der Waals surface area contributed by atoms with Gasteiger partial charge in [0, 0.05) is 0 Å². The molecule has 70 valence electrons. The van der Waals surface area contributed by atoms with Crippen molar-refractivity contribution < 1.29 is 30.0 Å². The second kappa shape index (κ2) is 3.36. The molecule has 6 nitrogen and oxygen atoms in total. The lowest BCUT2D eigenvalue weighted by atomic mass is 10.1. The number of aliphatic hydroxyl groups is 4. The van der Waals surface area contributed by atoms with E-state index in [4.69, 9.17) is 20.4 Å². The normalized spacial score (nSPS) is 38.0. The van der Waals surface area contributed by atoms with E-state index >= 15 is 0 Å². The zero-order chi connectivity index (χ0) is 9.30. The van der Waals surface area contributed by atoms with Crippen molar-refractivity contribution in [1.82, 2.24) is 0 Å². The molecular weight excluding hydrogens is 168 g/mol. The molecule has 0 bridgehead atoms. The van der Waals surface area contributed by atoms with Crippen molar-refractivity contribution in [2.75, 3.05) is 6.61 Å². The fraction of sp³-hybridized carbons (Fsp3) is 0.833. The van der Waals surface area contributed by atoms with Gasteiger partial charge in [-0.2, -0.15) is 0 Å². The molecule has 1 aliphatic rings. The van der Waals surface area contributed by atoms with Crippen molar-refractivity contribution in [2.45, 2.75) is 24.4 Å². The summed E-state index contributed by atoms with van der Waals surface area (Å²) >= 11 is 0. The van der Waals surface area contributed by atoms with Crippen molar-refractivity contribution in [3.05, 3.63) is 0 Å². The van der Waals surface area contributed by atoms with E-state index < -0.39 is 37.0 Å². The third-order valence-corrected chi connectivity index (χ3v) is 1.72. The highest BCUT2D eigenvalue weighted by Crippen LogP contribution is 2.18. The van der Waals surface area contributed by atoms with Crippen LogP contribution in [0, 0.1) is 0 Å². The lowest BCUT2D eigenvalue weighted by Gasteiger charge is -2.17. The Morgan fingerprint density at radius 1 is 1.50 bits per heavy atom. The first-order valence-electron chi connectivity index (χ1n) is 3.43. The Kier molecular flexibility index (Phi) is 2.63. The van der Waals surface area contributed by atoms with Gasteiger partial charge in [0.05, 0.1) is 6.61 Å². The van der Waals surface area contributed by atoms with Gasteiger partial charge in [0.2, 0.25) is 0 Å². The van der Waals surface area contributed by atoms with Crippen molar-refractivity contribution in [3.63, 3.8) is 0 Å². The molecule has 1 heterocycles. The van der Waals surface area contributed by atoms with E-state index in [-0.39, 0.29) is 0 Å². The number of carbonyl (C=O) groups is 1. The summed E-state index contributed by atoms with van der Waals surface area (Å²) in [4.78, 5) is 10.6. The second-order valence-electron chi connectivity index (χ2n) is 2.59. The van der Waals surface area contributed by atoms with Gasteiger partial charge in [-0.1, -0.05) is 0 Å². The molecule has 0 unspecified atom stereocenters. The van der Waals surface area contributed by atoms with Crippen LogP contribution in [0.5, 0.6) is 0 Å². The quantitative estimate of drug-likeness (QED) is 0.335. The molecule has 0 aliphatic carbocycles. The predicted octanol–water partition coefficient (Wildman–Crippen LogP) is -3.01. The predicted molar refractivity (Wildman–Crippen MR) is 35.0 cm³/mol. The molecule has 12 heavy (non-hydrogen) atoms. The SMILES string of the molecule is O=C1O[C@H]([C@H](O)CO)[C@H](O)[C@H]1O. The molecule has 4 atom stereocenters. The molecule has 0 amide bonds. The summed E-state index contributed by atoms with van der Waals surface area (Å²) in [6, 6.07) is 0. The fourth-order valence-electron chi connectivity index (χ4n) is 1.00. The number of cyclic esters (lactones) is 1. The van der Waals surface area contributed by atoms with Crippen LogP contribution in [-0.2, 0) is 9.53 Å². The molecule has 4 N–H and O–H groups in total. The summed E-state index contributed by atoms with van der Waals surface area (Å²) in [5, 5.41) is 35.3. The molecule has 1 fully saturated rings. The maximum atomic E-state index is 10.6. The molecule has 0 saturated carbocycles. The highest BCUT2D eigenvalue weighted by Gasteiger charge is 2.45. The third kappa shape index (κ3) is 1.42. The van der Waals surface area contributed by atoms with Gasteiger partial charge in [0.15, 0.2) is 12.2 Å². The van der Waals surface area contributed by atoms with Crippen molar-refractivity contribution >= 4 is 5.97 Å². The van der Waals surface area contributed by atoms with Crippen molar-refractivity contribution in [2.24, 2.45) is 0 Å². The monoisotopic (exact) mass is 178 g/mol. The van der Waals surface area contributed by atoms with Crippen LogP contribution < -0.4 is 0 Å². The Bertz CT molecular complexity index is 181. The molecule has 1 rings (SSSR count). The van der Waals surface area contributed by atoms with Crippen molar-refractivity contribution in [3.8, 4) is 0 Å². The number of ether oxygens (including phenoxy) is 1. The van der Waals surface area contributed by atoms with Gasteiger partial charge < -0.3 is 25.2 Å². The largest absolute Gasteiger partial charge is 0.455 e. The Labute approximate surface area is 68.0 Å². The summed E-state index contributed by atoms with van der Waals surface area (Å²) in [5.74, 6) is -0.986. The number of hydrogen-bond donors (Lipinski definition) is 4. The van der Waals surface area contributed by atoms with Crippen LogP contribution in [0.2, 0.25) is 0 Å². The lowest BCUT2D eigenvalue weighted by molar-refractivity contribution is -0.151. The molecule has 0 aromatic rings. The van der Waals surface area contributed by atoms with Crippen molar-refractivity contribution in [1.29, 1.82) is 0 Å². The van der Waals surface area contributed by atoms with E-state index in [1.54, 1.807) is 0 Å². The summed E-state index contributed by atoms with van der Waals surface area (Å²) < 4.78 is 4.39. The zero-order valence-corrected chi connectivity index (χ0v) is 6.12. The van der Waals surface area contributed by atoms with Crippen LogP contribution in [0.15, 0.2) is 0 Å². The highest BCUT2D eigenvalue weighted by atomic mass is 16.6. The van der Waals surface area contributed by atoms with Gasteiger partial charge in [-0.25, -0.2) is 4.79 Å². The van der Waals surface area contributed by atoms with Crippen LogP contribution in [0.4, 0.5) is 0 Å². The Morgan fingerprint density at radius 3 is 2.42 bits per heavy atom. The van der Waals surface area contributed by atoms with E-state index in [9.17, 15) is 4.79 Å². The van der Waals surface area contributed by atoms with E-state index in [1.165, 1.54) is 0 Å². The van der Waals surface area contributed by atoms with Gasteiger partial charge in [-0.3, -0.25) is 0 Å². The first kappa shape index (κ1) is 9.40. The average molecular weight is 178 g/mol. The third-order valence-electron chi connectivity index (χ3n) is 1.72. The Balaban J connectivity index is 2.64. The topological polar surface area (TPSA) is 107 Å². The first-order chi connectivity index (χ1) is 5.57. The van der Waals surface area contributed by atoms with E-state index in [1.807, 2.05) is 0 Å². The van der Waals surface area contributed by atoms with Gasteiger partial charge in [-0.15, -0.1) is 0 Å². The lowest BCUT2D eigenvalue weighted by Crippen LogP contribution is -2.40. The molecule has 1 saturated heterocycles. The minimum absolute atomic E-state index is 0.637. The summed E-state index contributed by atoms with van der Waals surface area (Å²) in [6.45, 7) is -0.637. The summed E-state index contributed by atoms with van der Waals surface area (Å²) in [5.41, 5.74) is 0. The summed E-state index contributed by atoms with van der Waals surface area (Å²) in [7, 11) is 0. The smallest absolute Gasteiger partial charge is 0.338 e. The Morgan fingerprint density at radius 2 is 2.08 bits per heavy atom. The van der Waals surface area contributed by atoms with Crippen LogP contribution in [0.1, 0.15) is 0 Å². The van der Waals surface area contributed by atoms with E-state index in [0.29, 0.717) is 0 Å². The minimum atomic E-state index is -1.63. The number of aliphatic hydroxyl groups excluding tert-OH is 4. The number of hydrogen-bond acceptors (Lipinski definition) is 6. The maximum Gasteiger partial charge on any atom is 0.338 e. The van der Waals surface area contributed by atoms with Crippen LogP contribution in [0.3, 0.4) is 0 Å². The fourth-order valence-corrected chi connectivity index (χ4v) is 1.00. The molecular formula is C6H10O6. The molecule has 0 radical (unpaired) electrons. The van der Waals surface area contributed by atoms with Crippen LogP contribution in [-0.4, -0.2) is 57.4 Å². The molecule has 0 aromatic heterocycles. The zero-order valence-electron chi connectivity index (χ0n) is 6.12. The molecule has 6 heteroatoms. The Hall–Kier alpha value is -0.690. The number of carbonyl (C=O) groups excluding carboxylic acids is 1. The number of rotatable bonds is 2. The van der Waals surface area contributed by atoms with Gasteiger partial charge >= 0.3 is 5.97 Å². The standard InChI is InChI=1S/C6H10O6/c7-1-2(8)5-3(9)4(10)6(11)12-5/h2-5,7-10H,1H2/t2-,3-,4-,5-/m1/s1. The minimum Gasteiger partial charge on any atom is -0.455 e. The summed E-state index contributed by atoms with van der Waals surface area (Å²) in [6.07, 6.45) is -5.70. The molecule has 0 aromatic carbocycles. The van der Waals surface area contributed by atoms with Crippen LogP contribution in [0.25, 0.3) is 0 Å². The maximum absolute atomic E-state index is 10.6. The second-order valence-corrected chi connectivity index (χ2v) is 2.59. The van der Waals surface area contributed by atoms with Crippen LogP contribution >= 0.6 is 0 Å².